The maximum atomic E-state index is 13.6. The van der Waals surface area contributed by atoms with Gasteiger partial charge in [0.25, 0.3) is 0 Å². The van der Waals surface area contributed by atoms with Gasteiger partial charge in [0, 0.05) is 31.6 Å². The largest absolute Gasteiger partial charge is 0.504 e. The molecule has 2 aliphatic heterocycles. The minimum Gasteiger partial charge on any atom is -0.504 e. The third-order valence-electron chi connectivity index (χ3n) is 11.3. The second-order valence-electron chi connectivity index (χ2n) is 13.4. The van der Waals surface area contributed by atoms with Gasteiger partial charge in [0.15, 0.2) is 11.5 Å². The SMILES string of the molecule is CC1CC(N(C)C(=O)CCc2ccc(C(F)(F)F)cc2)C2Oc3c(O)ccc4c3[C@@]23CCN(CCc2ccccc2)[C@H](C4)[C@]13O. The number of carbonyl (C=O) groups excluding carboxylic acids is 1. The zero-order valence-corrected chi connectivity index (χ0v) is 25.6. The molecule has 0 aromatic heterocycles. The number of phenolic OH excluding ortho intramolecular Hbond substituents is 1. The molecule has 1 spiro atoms. The number of aliphatic hydroxyl groups is 1. The molecule has 0 radical (unpaired) electrons. The quantitative estimate of drug-likeness (QED) is 0.365. The van der Waals surface area contributed by atoms with E-state index >= 15 is 0 Å². The van der Waals surface area contributed by atoms with Crippen molar-refractivity contribution in [1.29, 1.82) is 0 Å². The predicted octanol–water partition coefficient (Wildman–Crippen LogP) is 5.51. The Balaban J connectivity index is 1.17. The van der Waals surface area contributed by atoms with Gasteiger partial charge in [-0.1, -0.05) is 55.5 Å². The Morgan fingerprint density at radius 1 is 1.04 bits per heavy atom. The fraction of sp³-hybridized carbons (Fsp3) is 0.472. The number of likely N-dealkylation sites (tertiary alicyclic amines) is 1. The van der Waals surface area contributed by atoms with Crippen LogP contribution < -0.4 is 4.74 Å². The predicted molar refractivity (Wildman–Crippen MR) is 163 cm³/mol. The van der Waals surface area contributed by atoms with Crippen molar-refractivity contribution in [3.8, 4) is 11.5 Å². The van der Waals surface area contributed by atoms with Crippen molar-refractivity contribution in [1.82, 2.24) is 9.80 Å². The van der Waals surface area contributed by atoms with Gasteiger partial charge in [-0.2, -0.15) is 13.2 Å². The Morgan fingerprint density at radius 2 is 1.76 bits per heavy atom. The van der Waals surface area contributed by atoms with E-state index < -0.39 is 28.9 Å². The highest BCUT2D eigenvalue weighted by Crippen LogP contribution is 2.67. The summed E-state index contributed by atoms with van der Waals surface area (Å²) in [6, 6.07) is 18.4. The number of piperidine rings is 1. The number of likely N-dealkylation sites (N-methyl/N-ethyl adjacent to an activating group) is 1. The fourth-order valence-electron chi connectivity index (χ4n) is 9.06. The molecule has 7 rings (SSSR count). The van der Waals surface area contributed by atoms with Crippen LogP contribution in [-0.4, -0.2) is 69.8 Å². The minimum absolute atomic E-state index is 0.0486. The molecule has 2 bridgehead atoms. The zero-order valence-electron chi connectivity index (χ0n) is 25.6. The number of hydrogen-bond acceptors (Lipinski definition) is 5. The van der Waals surface area contributed by atoms with Crippen molar-refractivity contribution < 1.29 is 32.9 Å². The van der Waals surface area contributed by atoms with E-state index in [2.05, 4.69) is 24.0 Å². The van der Waals surface area contributed by atoms with E-state index in [1.54, 1.807) is 18.0 Å². The maximum absolute atomic E-state index is 13.6. The fourth-order valence-corrected chi connectivity index (χ4v) is 9.06. The summed E-state index contributed by atoms with van der Waals surface area (Å²) in [4.78, 5) is 17.8. The summed E-state index contributed by atoms with van der Waals surface area (Å²) in [5, 5.41) is 24.0. The molecule has 2 N–H and O–H groups in total. The number of carbonyl (C=O) groups is 1. The second kappa shape index (κ2) is 10.8. The highest BCUT2D eigenvalue weighted by Gasteiger charge is 2.75. The van der Waals surface area contributed by atoms with E-state index in [0.29, 0.717) is 37.0 Å². The summed E-state index contributed by atoms with van der Waals surface area (Å²) in [7, 11) is 1.76. The van der Waals surface area contributed by atoms with Crippen LogP contribution in [0.15, 0.2) is 66.7 Å². The van der Waals surface area contributed by atoms with E-state index in [-0.39, 0.29) is 36.1 Å². The van der Waals surface area contributed by atoms with Gasteiger partial charge in [-0.15, -0.1) is 0 Å². The van der Waals surface area contributed by atoms with Crippen molar-refractivity contribution in [3.63, 3.8) is 0 Å². The smallest absolute Gasteiger partial charge is 0.416 e. The average Bonchev–Trinajstić information content (AvgIpc) is 3.38. The van der Waals surface area contributed by atoms with E-state index in [9.17, 15) is 28.2 Å². The summed E-state index contributed by atoms with van der Waals surface area (Å²) >= 11 is 0. The summed E-state index contributed by atoms with van der Waals surface area (Å²) in [6.45, 7) is 3.65. The van der Waals surface area contributed by atoms with Gasteiger partial charge in [0.2, 0.25) is 5.91 Å². The number of rotatable bonds is 7. The van der Waals surface area contributed by atoms with Crippen molar-refractivity contribution in [2.45, 2.75) is 80.8 Å². The lowest BCUT2D eigenvalue weighted by Crippen LogP contribution is -2.80. The number of aryl methyl sites for hydroxylation is 1. The molecular formula is C36H39F3N2O4. The van der Waals surface area contributed by atoms with Crippen LogP contribution in [-0.2, 0) is 35.6 Å². The van der Waals surface area contributed by atoms with Crippen LogP contribution in [0.2, 0.25) is 0 Å². The first-order chi connectivity index (χ1) is 21.4. The number of halogens is 3. The lowest BCUT2D eigenvalue weighted by molar-refractivity contribution is -0.224. The number of ether oxygens (including phenoxy) is 1. The first-order valence-electron chi connectivity index (χ1n) is 15.9. The minimum atomic E-state index is -4.41. The topological polar surface area (TPSA) is 73.2 Å². The Kier molecular flexibility index (Phi) is 7.20. The molecule has 2 fully saturated rings. The monoisotopic (exact) mass is 620 g/mol. The molecule has 1 saturated heterocycles. The lowest BCUT2D eigenvalue weighted by atomic mass is 9.45. The molecule has 1 saturated carbocycles. The summed E-state index contributed by atoms with van der Waals surface area (Å²) in [5.41, 5.74) is 1.27. The Morgan fingerprint density at radius 3 is 2.47 bits per heavy atom. The van der Waals surface area contributed by atoms with Gasteiger partial charge in [-0.05, 0) is 79.5 Å². The number of phenols is 1. The summed E-state index contributed by atoms with van der Waals surface area (Å²) in [6.07, 6.45) is -1.81. The number of amides is 1. The Bertz CT molecular complexity index is 1600. The number of alkyl halides is 3. The van der Waals surface area contributed by atoms with Crippen LogP contribution >= 0.6 is 0 Å². The third-order valence-corrected chi connectivity index (χ3v) is 11.3. The summed E-state index contributed by atoms with van der Waals surface area (Å²) in [5.74, 6) is 0.174. The molecule has 2 heterocycles. The van der Waals surface area contributed by atoms with E-state index in [1.807, 2.05) is 24.3 Å². The molecular weight excluding hydrogens is 581 g/mol. The van der Waals surface area contributed by atoms with Gasteiger partial charge in [0.1, 0.15) is 6.10 Å². The van der Waals surface area contributed by atoms with Crippen LogP contribution in [0.3, 0.4) is 0 Å². The molecule has 3 unspecified atom stereocenters. The highest BCUT2D eigenvalue weighted by molar-refractivity contribution is 5.77. The first-order valence-corrected chi connectivity index (χ1v) is 15.9. The van der Waals surface area contributed by atoms with E-state index in [1.165, 1.54) is 17.7 Å². The third kappa shape index (κ3) is 4.56. The van der Waals surface area contributed by atoms with E-state index in [0.717, 1.165) is 42.8 Å². The molecule has 2 aliphatic carbocycles. The van der Waals surface area contributed by atoms with Crippen molar-refractivity contribution in [2.24, 2.45) is 5.92 Å². The second-order valence-corrected chi connectivity index (χ2v) is 13.4. The standard InChI is InChI=1S/C36H39F3N2O4/c1-22-20-27(40(2)30(43)15-10-24-8-12-26(13-9-24)36(37,38)39)33-34-17-19-41(18-16-23-6-4-3-5-7-23)29(35(22,34)44)21-25-11-14-28(42)32(45-33)31(25)34/h3-9,11-14,22,27,29,33,42,44H,10,15-21H2,1-2H3/t22?,27?,29-,33?,34+,35-/m1/s1. The molecule has 6 nitrogen and oxygen atoms in total. The van der Waals surface area contributed by atoms with Crippen molar-refractivity contribution in [3.05, 3.63) is 94.5 Å². The van der Waals surface area contributed by atoms with Gasteiger partial charge in [-0.3, -0.25) is 9.69 Å². The Labute approximate surface area is 261 Å². The van der Waals surface area contributed by atoms with Crippen LogP contribution in [0.5, 0.6) is 11.5 Å². The molecule has 3 aromatic carbocycles. The van der Waals surface area contributed by atoms with Crippen molar-refractivity contribution in [2.75, 3.05) is 20.1 Å². The maximum Gasteiger partial charge on any atom is 0.416 e. The average molecular weight is 621 g/mol. The molecule has 9 heteroatoms. The molecule has 1 amide bonds. The van der Waals surface area contributed by atoms with Gasteiger partial charge >= 0.3 is 6.18 Å². The first kappa shape index (κ1) is 30.1. The number of hydrogen-bond donors (Lipinski definition) is 2. The van der Waals surface area contributed by atoms with Crippen LogP contribution in [0, 0.1) is 5.92 Å². The molecule has 6 atom stereocenters. The normalized spacial score (nSPS) is 30.0. The van der Waals surface area contributed by atoms with Crippen LogP contribution in [0.25, 0.3) is 0 Å². The molecule has 4 aliphatic rings. The zero-order chi connectivity index (χ0) is 31.7. The number of benzene rings is 3. The molecule has 3 aromatic rings. The Hall–Kier alpha value is -3.56. The van der Waals surface area contributed by atoms with Gasteiger partial charge in [-0.25, -0.2) is 0 Å². The van der Waals surface area contributed by atoms with Gasteiger partial charge < -0.3 is 19.8 Å². The molecule has 45 heavy (non-hydrogen) atoms. The van der Waals surface area contributed by atoms with E-state index in [4.69, 9.17) is 4.74 Å². The van der Waals surface area contributed by atoms with Crippen molar-refractivity contribution >= 4 is 5.91 Å². The van der Waals surface area contributed by atoms with Crippen LogP contribution in [0.4, 0.5) is 13.2 Å². The highest BCUT2D eigenvalue weighted by atomic mass is 19.4. The summed E-state index contributed by atoms with van der Waals surface area (Å²) < 4.78 is 45.7. The number of aromatic hydroxyl groups is 1. The molecule has 238 valence electrons. The lowest BCUT2D eigenvalue weighted by Gasteiger charge is -2.67. The van der Waals surface area contributed by atoms with Crippen LogP contribution in [0.1, 0.15) is 54.0 Å². The number of nitrogens with zero attached hydrogens (tertiary/aromatic N) is 2. The van der Waals surface area contributed by atoms with Gasteiger partial charge in [0.05, 0.1) is 22.6 Å².